The van der Waals surface area contributed by atoms with E-state index in [4.69, 9.17) is 31.5 Å². The molecule has 0 aromatic heterocycles. The second-order valence-corrected chi connectivity index (χ2v) is 7.41. The second kappa shape index (κ2) is 10.6. The number of esters is 1. The number of anilines is 1. The summed E-state index contributed by atoms with van der Waals surface area (Å²) in [5.74, 6) is -1.08. The van der Waals surface area contributed by atoms with Crippen LogP contribution in [0.3, 0.4) is 0 Å². The van der Waals surface area contributed by atoms with Crippen LogP contribution in [0.25, 0.3) is 0 Å². The molecule has 3 rings (SSSR count). The zero-order chi connectivity index (χ0) is 24.0. The van der Waals surface area contributed by atoms with E-state index in [0.717, 1.165) is 0 Å². The smallest absolute Gasteiger partial charge is 0.338 e. The first-order chi connectivity index (χ1) is 15.8. The molecule has 0 saturated carbocycles. The summed E-state index contributed by atoms with van der Waals surface area (Å²) < 4.78 is 16.1. The van der Waals surface area contributed by atoms with E-state index >= 15 is 0 Å². The molecule has 1 amide bonds. The van der Waals surface area contributed by atoms with Crippen LogP contribution in [-0.2, 0) is 19.1 Å². The summed E-state index contributed by atoms with van der Waals surface area (Å²) in [5, 5.41) is 12.7. The largest absolute Gasteiger partial charge is 0.484 e. The fourth-order valence-electron chi connectivity index (χ4n) is 3.34. The standard InChI is InChI=1S/C24H22ClN3O5/c1-3-31-24(30)21-14(2)33-23(27)17(12-26)22(21)15-8-10-16(11-9-15)32-13-20(29)28-19-7-5-4-6-18(19)25/h4-11,22H,3,13,27H2,1-2H3,(H,28,29). The summed E-state index contributed by atoms with van der Waals surface area (Å²) in [6.07, 6.45) is 0. The Labute approximate surface area is 196 Å². The third-order valence-electron chi connectivity index (χ3n) is 4.83. The highest BCUT2D eigenvalue weighted by atomic mass is 35.5. The topological polar surface area (TPSA) is 124 Å². The fourth-order valence-corrected chi connectivity index (χ4v) is 3.53. The van der Waals surface area contributed by atoms with Crippen molar-refractivity contribution in [2.75, 3.05) is 18.5 Å². The van der Waals surface area contributed by atoms with Gasteiger partial charge in [0.1, 0.15) is 23.2 Å². The summed E-state index contributed by atoms with van der Waals surface area (Å²) in [6.45, 7) is 3.23. The minimum Gasteiger partial charge on any atom is -0.484 e. The number of allylic oxidation sites excluding steroid dienone is 2. The number of carbonyl (C=O) groups excluding carboxylic acids is 2. The summed E-state index contributed by atoms with van der Waals surface area (Å²) in [5.41, 5.74) is 7.32. The van der Waals surface area contributed by atoms with Gasteiger partial charge in [-0.2, -0.15) is 5.26 Å². The van der Waals surface area contributed by atoms with Crippen molar-refractivity contribution in [1.82, 2.24) is 0 Å². The molecule has 0 radical (unpaired) electrons. The van der Waals surface area contributed by atoms with Crippen molar-refractivity contribution in [1.29, 1.82) is 5.26 Å². The Kier molecular flexibility index (Phi) is 7.59. The van der Waals surface area contributed by atoms with Gasteiger partial charge < -0.3 is 25.3 Å². The Hall–Kier alpha value is -3.96. The van der Waals surface area contributed by atoms with Crippen LogP contribution in [0, 0.1) is 11.3 Å². The Morgan fingerprint density at radius 2 is 1.91 bits per heavy atom. The normalized spacial score (nSPS) is 15.4. The van der Waals surface area contributed by atoms with Crippen LogP contribution in [0.4, 0.5) is 5.69 Å². The van der Waals surface area contributed by atoms with E-state index in [1.54, 1.807) is 62.4 Å². The molecule has 1 unspecified atom stereocenters. The monoisotopic (exact) mass is 467 g/mol. The van der Waals surface area contributed by atoms with Gasteiger partial charge in [0.05, 0.1) is 28.8 Å². The second-order valence-electron chi connectivity index (χ2n) is 7.00. The molecule has 170 valence electrons. The number of ether oxygens (including phenoxy) is 3. The lowest BCUT2D eigenvalue weighted by molar-refractivity contribution is -0.139. The molecule has 0 bridgehead atoms. The number of nitriles is 1. The average molecular weight is 468 g/mol. The molecule has 0 spiro atoms. The Morgan fingerprint density at radius 1 is 1.21 bits per heavy atom. The van der Waals surface area contributed by atoms with E-state index in [0.29, 0.717) is 22.0 Å². The molecule has 33 heavy (non-hydrogen) atoms. The molecule has 2 aromatic carbocycles. The quantitative estimate of drug-likeness (QED) is 0.589. The Bertz CT molecular complexity index is 1170. The Morgan fingerprint density at radius 3 is 2.55 bits per heavy atom. The average Bonchev–Trinajstić information content (AvgIpc) is 2.79. The maximum atomic E-state index is 12.6. The number of hydrogen-bond donors (Lipinski definition) is 2. The molecule has 0 fully saturated rings. The highest BCUT2D eigenvalue weighted by Crippen LogP contribution is 2.40. The number of hydrogen-bond acceptors (Lipinski definition) is 7. The van der Waals surface area contributed by atoms with Gasteiger partial charge >= 0.3 is 5.97 Å². The molecule has 1 aliphatic heterocycles. The first-order valence-corrected chi connectivity index (χ1v) is 10.5. The van der Waals surface area contributed by atoms with Crippen molar-refractivity contribution >= 4 is 29.2 Å². The number of halogens is 1. The summed E-state index contributed by atoms with van der Waals surface area (Å²) in [7, 11) is 0. The van der Waals surface area contributed by atoms with Crippen LogP contribution in [0.1, 0.15) is 25.3 Å². The maximum Gasteiger partial charge on any atom is 0.338 e. The van der Waals surface area contributed by atoms with Crippen LogP contribution in [0.2, 0.25) is 5.02 Å². The molecule has 1 heterocycles. The van der Waals surface area contributed by atoms with Gasteiger partial charge in [0, 0.05) is 0 Å². The van der Waals surface area contributed by atoms with Crippen LogP contribution < -0.4 is 15.8 Å². The van der Waals surface area contributed by atoms with Crippen LogP contribution >= 0.6 is 11.6 Å². The number of benzene rings is 2. The van der Waals surface area contributed by atoms with Crippen molar-refractivity contribution in [3.8, 4) is 11.8 Å². The Balaban J connectivity index is 1.76. The molecule has 8 nitrogen and oxygen atoms in total. The van der Waals surface area contributed by atoms with Gasteiger partial charge in [-0.3, -0.25) is 4.79 Å². The number of carbonyl (C=O) groups is 2. The highest BCUT2D eigenvalue weighted by molar-refractivity contribution is 6.33. The zero-order valence-corrected chi connectivity index (χ0v) is 18.8. The molecular weight excluding hydrogens is 446 g/mol. The van der Waals surface area contributed by atoms with Crippen LogP contribution in [0.15, 0.2) is 71.3 Å². The lowest BCUT2D eigenvalue weighted by Gasteiger charge is -2.26. The fraction of sp³-hybridized carbons (Fsp3) is 0.208. The summed E-state index contributed by atoms with van der Waals surface area (Å²) >= 11 is 6.04. The van der Waals surface area contributed by atoms with Crippen molar-refractivity contribution < 1.29 is 23.8 Å². The molecule has 1 atom stereocenters. The van der Waals surface area contributed by atoms with E-state index < -0.39 is 11.9 Å². The third-order valence-corrected chi connectivity index (χ3v) is 5.16. The number of amides is 1. The zero-order valence-electron chi connectivity index (χ0n) is 18.1. The molecular formula is C24H22ClN3O5. The van der Waals surface area contributed by atoms with Crippen molar-refractivity contribution in [2.45, 2.75) is 19.8 Å². The minimum absolute atomic E-state index is 0.0652. The number of nitrogens with zero attached hydrogens (tertiary/aromatic N) is 1. The first-order valence-electron chi connectivity index (χ1n) is 10.1. The van der Waals surface area contributed by atoms with E-state index in [1.165, 1.54) is 0 Å². The van der Waals surface area contributed by atoms with Gasteiger partial charge in [-0.15, -0.1) is 0 Å². The molecule has 2 aromatic rings. The number of rotatable bonds is 7. The summed E-state index contributed by atoms with van der Waals surface area (Å²) in [4.78, 5) is 24.7. The molecule has 0 aliphatic carbocycles. The SMILES string of the molecule is CCOC(=O)C1=C(C)OC(N)=C(C#N)C1c1ccc(OCC(=O)Nc2ccccc2Cl)cc1. The van der Waals surface area contributed by atoms with Crippen molar-refractivity contribution in [3.63, 3.8) is 0 Å². The van der Waals surface area contributed by atoms with E-state index in [-0.39, 0.29) is 41.9 Å². The number of nitrogens with one attached hydrogen (secondary N) is 1. The van der Waals surface area contributed by atoms with Crippen molar-refractivity contribution in [2.24, 2.45) is 5.73 Å². The predicted molar refractivity (Wildman–Crippen MR) is 122 cm³/mol. The highest BCUT2D eigenvalue weighted by Gasteiger charge is 2.36. The van der Waals surface area contributed by atoms with Crippen molar-refractivity contribution in [3.05, 3.63) is 81.9 Å². The van der Waals surface area contributed by atoms with Gasteiger partial charge in [-0.1, -0.05) is 35.9 Å². The summed E-state index contributed by atoms with van der Waals surface area (Å²) in [6, 6.07) is 15.6. The maximum absolute atomic E-state index is 12.6. The van der Waals surface area contributed by atoms with Gasteiger partial charge in [0.25, 0.3) is 5.91 Å². The lowest BCUT2D eigenvalue weighted by atomic mass is 9.83. The van der Waals surface area contributed by atoms with Crippen LogP contribution in [0.5, 0.6) is 5.75 Å². The predicted octanol–water partition coefficient (Wildman–Crippen LogP) is 4.00. The van der Waals surface area contributed by atoms with E-state index in [9.17, 15) is 14.9 Å². The van der Waals surface area contributed by atoms with Gasteiger partial charge in [-0.25, -0.2) is 4.79 Å². The first kappa shape index (κ1) is 23.7. The molecule has 0 saturated heterocycles. The van der Waals surface area contributed by atoms with Gasteiger partial charge in [-0.05, 0) is 43.7 Å². The van der Waals surface area contributed by atoms with Crippen LogP contribution in [-0.4, -0.2) is 25.1 Å². The van der Waals surface area contributed by atoms with E-state index in [2.05, 4.69) is 5.32 Å². The van der Waals surface area contributed by atoms with Gasteiger partial charge in [0.15, 0.2) is 6.61 Å². The molecule has 9 heteroatoms. The molecule has 1 aliphatic rings. The molecule has 3 N–H and O–H groups in total. The number of para-hydroxylation sites is 1. The third kappa shape index (κ3) is 5.45. The minimum atomic E-state index is -0.750. The van der Waals surface area contributed by atoms with Gasteiger partial charge in [0.2, 0.25) is 5.88 Å². The van der Waals surface area contributed by atoms with E-state index in [1.807, 2.05) is 6.07 Å². The lowest BCUT2D eigenvalue weighted by Crippen LogP contribution is -2.25. The number of nitrogens with two attached hydrogens (primary N) is 1.